The van der Waals surface area contributed by atoms with E-state index < -0.39 is 0 Å². The molecule has 0 aromatic carbocycles. The van der Waals surface area contributed by atoms with Crippen molar-refractivity contribution in [2.75, 3.05) is 12.3 Å². The summed E-state index contributed by atoms with van der Waals surface area (Å²) in [5, 5.41) is 0.755. The van der Waals surface area contributed by atoms with Gasteiger partial charge in [-0.1, -0.05) is 6.92 Å². The summed E-state index contributed by atoms with van der Waals surface area (Å²) >= 11 is 2.14. The first-order valence-corrected chi connectivity index (χ1v) is 8.12. The average molecular weight is 239 g/mol. The van der Waals surface area contributed by atoms with Crippen molar-refractivity contribution >= 4 is 11.8 Å². The highest BCUT2D eigenvalue weighted by Gasteiger charge is 2.53. The summed E-state index contributed by atoms with van der Waals surface area (Å²) in [6.45, 7) is 3.19. The molecular formula is C14H25NS. The van der Waals surface area contributed by atoms with E-state index in [-0.39, 0.29) is 0 Å². The van der Waals surface area contributed by atoms with Gasteiger partial charge in [0, 0.05) is 11.8 Å². The molecular weight excluding hydrogens is 214 g/mol. The van der Waals surface area contributed by atoms with E-state index in [2.05, 4.69) is 18.7 Å². The van der Waals surface area contributed by atoms with E-state index in [1.165, 1.54) is 25.0 Å². The number of rotatable bonds is 4. The fourth-order valence-corrected chi connectivity index (χ4v) is 6.45. The Balaban J connectivity index is 1.81. The summed E-state index contributed by atoms with van der Waals surface area (Å²) < 4.78 is 0. The smallest absolute Gasteiger partial charge is 0.0226 e. The van der Waals surface area contributed by atoms with Crippen LogP contribution < -0.4 is 5.73 Å². The Bertz CT molecular complexity index is 228. The zero-order valence-electron chi connectivity index (χ0n) is 10.5. The van der Waals surface area contributed by atoms with Crippen molar-refractivity contribution in [3.63, 3.8) is 0 Å². The third-order valence-corrected chi connectivity index (χ3v) is 6.78. The van der Waals surface area contributed by atoms with E-state index in [9.17, 15) is 0 Å². The SMILES string of the molecule is CCSC(CN)C12CC3CC(CC(C3)C1)C2. The molecule has 1 atom stereocenters. The molecule has 0 saturated heterocycles. The molecule has 0 spiro atoms. The van der Waals surface area contributed by atoms with Crippen molar-refractivity contribution in [1.29, 1.82) is 0 Å². The van der Waals surface area contributed by atoms with E-state index in [1.807, 2.05) is 0 Å². The Morgan fingerprint density at radius 2 is 1.62 bits per heavy atom. The van der Waals surface area contributed by atoms with Gasteiger partial charge in [-0.15, -0.1) is 0 Å². The summed E-state index contributed by atoms with van der Waals surface area (Å²) in [7, 11) is 0. The highest BCUT2D eigenvalue weighted by molar-refractivity contribution is 7.99. The maximum Gasteiger partial charge on any atom is 0.0226 e. The predicted molar refractivity (Wildman–Crippen MR) is 71.6 cm³/mol. The molecule has 1 unspecified atom stereocenters. The molecule has 4 fully saturated rings. The van der Waals surface area contributed by atoms with E-state index in [4.69, 9.17) is 5.73 Å². The average Bonchev–Trinajstić information content (AvgIpc) is 2.23. The third-order valence-electron chi connectivity index (χ3n) is 5.35. The van der Waals surface area contributed by atoms with Crippen LogP contribution in [-0.2, 0) is 0 Å². The van der Waals surface area contributed by atoms with Crippen LogP contribution >= 0.6 is 11.8 Å². The zero-order valence-corrected chi connectivity index (χ0v) is 11.3. The molecule has 0 aliphatic heterocycles. The summed E-state index contributed by atoms with van der Waals surface area (Å²) in [6, 6.07) is 0. The quantitative estimate of drug-likeness (QED) is 0.815. The van der Waals surface area contributed by atoms with Gasteiger partial charge in [0.1, 0.15) is 0 Å². The van der Waals surface area contributed by atoms with E-state index in [0.29, 0.717) is 5.41 Å². The van der Waals surface area contributed by atoms with Gasteiger partial charge in [-0.2, -0.15) is 11.8 Å². The van der Waals surface area contributed by atoms with Gasteiger partial charge in [0.2, 0.25) is 0 Å². The first-order chi connectivity index (χ1) is 7.75. The van der Waals surface area contributed by atoms with Crippen LogP contribution in [0.1, 0.15) is 45.4 Å². The number of hydrogen-bond donors (Lipinski definition) is 1. The molecule has 0 radical (unpaired) electrons. The van der Waals surface area contributed by atoms with Gasteiger partial charge in [-0.25, -0.2) is 0 Å². The predicted octanol–water partition coefficient (Wildman–Crippen LogP) is 3.28. The Morgan fingerprint density at radius 1 is 1.12 bits per heavy atom. The molecule has 4 saturated carbocycles. The highest BCUT2D eigenvalue weighted by Crippen LogP contribution is 2.62. The van der Waals surface area contributed by atoms with Gasteiger partial charge in [0.25, 0.3) is 0 Å². The van der Waals surface area contributed by atoms with Crippen LogP contribution in [-0.4, -0.2) is 17.5 Å². The molecule has 2 N–H and O–H groups in total. The van der Waals surface area contributed by atoms with Crippen LogP contribution in [0.4, 0.5) is 0 Å². The molecule has 0 aromatic heterocycles. The minimum Gasteiger partial charge on any atom is -0.329 e. The van der Waals surface area contributed by atoms with E-state index >= 15 is 0 Å². The molecule has 4 bridgehead atoms. The maximum atomic E-state index is 6.06. The molecule has 0 aromatic rings. The van der Waals surface area contributed by atoms with Crippen molar-refractivity contribution < 1.29 is 0 Å². The van der Waals surface area contributed by atoms with Crippen molar-refractivity contribution in [3.8, 4) is 0 Å². The second-order valence-electron chi connectivity index (χ2n) is 6.46. The fraction of sp³-hybridized carbons (Fsp3) is 1.00. The number of thioether (sulfide) groups is 1. The first kappa shape index (κ1) is 11.4. The maximum absolute atomic E-state index is 6.06. The monoisotopic (exact) mass is 239 g/mol. The molecule has 92 valence electrons. The zero-order chi connectivity index (χ0) is 11.2. The lowest BCUT2D eigenvalue weighted by molar-refractivity contribution is -0.0521. The Kier molecular flexibility index (Phi) is 3.00. The largest absolute Gasteiger partial charge is 0.329 e. The Morgan fingerprint density at radius 3 is 2.00 bits per heavy atom. The summed E-state index contributed by atoms with van der Waals surface area (Å²) in [6.07, 6.45) is 9.17. The van der Waals surface area contributed by atoms with Gasteiger partial charge in [-0.3, -0.25) is 0 Å². The van der Waals surface area contributed by atoms with Crippen LogP contribution in [0.2, 0.25) is 0 Å². The highest BCUT2D eigenvalue weighted by atomic mass is 32.2. The first-order valence-electron chi connectivity index (χ1n) is 7.07. The van der Waals surface area contributed by atoms with Gasteiger partial charge < -0.3 is 5.73 Å². The molecule has 4 rings (SSSR count). The standard InChI is InChI=1S/C14H25NS/c1-2-16-13(9-15)14-6-10-3-11(7-14)5-12(4-10)8-14/h10-13H,2-9,15H2,1H3. The van der Waals surface area contributed by atoms with Crippen LogP contribution in [0.3, 0.4) is 0 Å². The summed E-state index contributed by atoms with van der Waals surface area (Å²) in [5.41, 5.74) is 6.72. The summed E-state index contributed by atoms with van der Waals surface area (Å²) in [4.78, 5) is 0. The minimum atomic E-state index is 0.657. The normalized spacial score (nSPS) is 47.2. The molecule has 1 nitrogen and oxygen atoms in total. The third kappa shape index (κ3) is 1.73. The summed E-state index contributed by atoms with van der Waals surface area (Å²) in [5.74, 6) is 4.44. The van der Waals surface area contributed by atoms with E-state index in [0.717, 1.165) is 29.5 Å². The van der Waals surface area contributed by atoms with Crippen molar-refractivity contribution in [2.24, 2.45) is 28.9 Å². The molecule has 4 aliphatic carbocycles. The molecule has 4 aliphatic rings. The number of hydrogen-bond acceptors (Lipinski definition) is 2. The van der Waals surface area contributed by atoms with Gasteiger partial charge in [0.05, 0.1) is 0 Å². The minimum absolute atomic E-state index is 0.657. The number of nitrogens with two attached hydrogens (primary N) is 1. The van der Waals surface area contributed by atoms with Gasteiger partial charge in [-0.05, 0) is 67.4 Å². The van der Waals surface area contributed by atoms with Crippen molar-refractivity contribution in [2.45, 2.75) is 50.7 Å². The van der Waals surface area contributed by atoms with Crippen LogP contribution in [0.5, 0.6) is 0 Å². The van der Waals surface area contributed by atoms with Crippen LogP contribution in [0, 0.1) is 23.2 Å². The lowest BCUT2D eigenvalue weighted by atomic mass is 9.48. The molecule has 0 heterocycles. The van der Waals surface area contributed by atoms with Crippen molar-refractivity contribution in [3.05, 3.63) is 0 Å². The second-order valence-corrected chi connectivity index (χ2v) is 7.94. The van der Waals surface area contributed by atoms with Crippen molar-refractivity contribution in [1.82, 2.24) is 0 Å². The van der Waals surface area contributed by atoms with Crippen LogP contribution in [0.25, 0.3) is 0 Å². The lowest BCUT2D eigenvalue weighted by Gasteiger charge is -2.59. The Hall–Kier alpha value is 0.310. The topological polar surface area (TPSA) is 26.0 Å². The second kappa shape index (κ2) is 4.20. The van der Waals surface area contributed by atoms with Gasteiger partial charge in [0.15, 0.2) is 0 Å². The molecule has 0 amide bonds. The Labute approximate surface area is 104 Å². The van der Waals surface area contributed by atoms with Gasteiger partial charge >= 0.3 is 0 Å². The fourth-order valence-electron chi connectivity index (χ4n) is 5.27. The van der Waals surface area contributed by atoms with E-state index in [1.54, 1.807) is 19.3 Å². The van der Waals surface area contributed by atoms with Crippen LogP contribution in [0.15, 0.2) is 0 Å². The lowest BCUT2D eigenvalue weighted by Crippen LogP contribution is -2.52. The molecule has 16 heavy (non-hydrogen) atoms. The molecule has 2 heteroatoms.